The Labute approximate surface area is 115 Å². The van der Waals surface area contributed by atoms with E-state index in [0.717, 1.165) is 25.7 Å². The quantitative estimate of drug-likeness (QED) is 0.806. The Kier molecular flexibility index (Phi) is 5.20. The fourth-order valence-corrected chi connectivity index (χ4v) is 2.91. The van der Waals surface area contributed by atoms with Gasteiger partial charge in [-0.2, -0.15) is 0 Å². The van der Waals surface area contributed by atoms with Crippen LogP contribution in [0.2, 0.25) is 0 Å². The molecule has 0 bridgehead atoms. The number of hydrogen-bond donors (Lipinski definition) is 2. The van der Waals surface area contributed by atoms with Gasteiger partial charge in [0.2, 0.25) is 0 Å². The van der Waals surface area contributed by atoms with Gasteiger partial charge in [0, 0.05) is 19.1 Å². The number of carboxylic acid groups (broad SMARTS) is 1. The molecule has 0 aromatic rings. The van der Waals surface area contributed by atoms with Crippen LogP contribution in [0.4, 0.5) is 4.79 Å². The second kappa shape index (κ2) is 6.26. The third kappa shape index (κ3) is 3.19. The van der Waals surface area contributed by atoms with Gasteiger partial charge in [-0.3, -0.25) is 4.79 Å². The zero-order chi connectivity index (χ0) is 14.6. The Morgan fingerprint density at radius 1 is 1.42 bits per heavy atom. The van der Waals surface area contributed by atoms with Gasteiger partial charge in [0.05, 0.1) is 5.41 Å². The van der Waals surface area contributed by atoms with Crippen molar-refractivity contribution in [1.82, 2.24) is 10.2 Å². The summed E-state index contributed by atoms with van der Waals surface area (Å²) in [5.41, 5.74) is -0.829. The molecule has 2 unspecified atom stereocenters. The molecule has 5 nitrogen and oxygen atoms in total. The molecule has 0 heterocycles. The van der Waals surface area contributed by atoms with E-state index in [9.17, 15) is 14.7 Å². The van der Waals surface area contributed by atoms with Crippen molar-refractivity contribution in [3.63, 3.8) is 0 Å². The van der Waals surface area contributed by atoms with Crippen LogP contribution in [0.1, 0.15) is 52.9 Å². The standard InChI is InChI=1S/C14H26N2O3/c1-5-10(6-2)16(4)13(19)15-11-8-7-9-14(11,3)12(17)18/h10-11H,5-9H2,1-4H3,(H,15,19)(H,17,18). The third-order valence-electron chi connectivity index (χ3n) is 4.55. The summed E-state index contributed by atoms with van der Waals surface area (Å²) in [4.78, 5) is 25.3. The topological polar surface area (TPSA) is 69.6 Å². The number of rotatable bonds is 5. The van der Waals surface area contributed by atoms with E-state index in [1.165, 1.54) is 0 Å². The van der Waals surface area contributed by atoms with Crippen LogP contribution in [0.3, 0.4) is 0 Å². The van der Waals surface area contributed by atoms with Gasteiger partial charge in [-0.05, 0) is 32.6 Å². The first-order valence-corrected chi connectivity index (χ1v) is 7.13. The van der Waals surface area contributed by atoms with Crippen LogP contribution in [-0.2, 0) is 4.79 Å². The summed E-state index contributed by atoms with van der Waals surface area (Å²) < 4.78 is 0. The number of amides is 2. The van der Waals surface area contributed by atoms with Crippen LogP contribution in [0, 0.1) is 5.41 Å². The molecule has 1 fully saturated rings. The minimum Gasteiger partial charge on any atom is -0.481 e. The van der Waals surface area contributed by atoms with Gasteiger partial charge in [-0.15, -0.1) is 0 Å². The lowest BCUT2D eigenvalue weighted by molar-refractivity contribution is -0.148. The third-order valence-corrected chi connectivity index (χ3v) is 4.55. The molecule has 1 saturated carbocycles. The van der Waals surface area contributed by atoms with E-state index < -0.39 is 11.4 Å². The van der Waals surface area contributed by atoms with Crippen LogP contribution in [0.25, 0.3) is 0 Å². The van der Waals surface area contributed by atoms with Crippen molar-refractivity contribution in [3.05, 3.63) is 0 Å². The van der Waals surface area contributed by atoms with Gasteiger partial charge in [0.1, 0.15) is 0 Å². The molecule has 0 aliphatic heterocycles. The zero-order valence-electron chi connectivity index (χ0n) is 12.4. The Morgan fingerprint density at radius 3 is 2.47 bits per heavy atom. The molecular weight excluding hydrogens is 244 g/mol. The maximum absolute atomic E-state index is 12.2. The molecule has 2 N–H and O–H groups in total. The highest BCUT2D eigenvalue weighted by atomic mass is 16.4. The lowest BCUT2D eigenvalue weighted by Gasteiger charge is -2.32. The average Bonchev–Trinajstić information content (AvgIpc) is 2.73. The molecule has 0 spiro atoms. The number of nitrogens with one attached hydrogen (secondary N) is 1. The van der Waals surface area contributed by atoms with Crippen molar-refractivity contribution in [2.75, 3.05) is 7.05 Å². The second-order valence-corrected chi connectivity index (χ2v) is 5.70. The van der Waals surface area contributed by atoms with Gasteiger partial charge >= 0.3 is 12.0 Å². The molecule has 0 saturated heterocycles. The van der Waals surface area contributed by atoms with E-state index in [-0.39, 0.29) is 18.1 Å². The molecule has 110 valence electrons. The molecule has 1 aliphatic carbocycles. The number of carbonyl (C=O) groups excluding carboxylic acids is 1. The summed E-state index contributed by atoms with van der Waals surface area (Å²) >= 11 is 0. The SMILES string of the molecule is CCC(CC)N(C)C(=O)NC1CCCC1(C)C(=O)O. The molecule has 2 amide bonds. The van der Waals surface area contributed by atoms with Gasteiger partial charge in [0.15, 0.2) is 0 Å². The summed E-state index contributed by atoms with van der Waals surface area (Å²) in [5.74, 6) is -0.819. The number of nitrogens with zero attached hydrogens (tertiary/aromatic N) is 1. The summed E-state index contributed by atoms with van der Waals surface area (Å²) in [7, 11) is 1.78. The molecule has 1 aliphatic rings. The highest BCUT2D eigenvalue weighted by molar-refractivity contribution is 5.79. The Morgan fingerprint density at radius 2 is 2.00 bits per heavy atom. The molecule has 5 heteroatoms. The number of carbonyl (C=O) groups is 2. The van der Waals surface area contributed by atoms with Crippen molar-refractivity contribution in [2.24, 2.45) is 5.41 Å². The number of aliphatic carboxylic acids is 1. The van der Waals surface area contributed by atoms with Crippen LogP contribution in [0.5, 0.6) is 0 Å². The number of carboxylic acids is 1. The monoisotopic (exact) mass is 270 g/mol. The van der Waals surface area contributed by atoms with Crippen molar-refractivity contribution < 1.29 is 14.7 Å². The maximum atomic E-state index is 12.2. The zero-order valence-corrected chi connectivity index (χ0v) is 12.4. The average molecular weight is 270 g/mol. The van der Waals surface area contributed by atoms with E-state index >= 15 is 0 Å². The molecule has 19 heavy (non-hydrogen) atoms. The van der Waals surface area contributed by atoms with Crippen LogP contribution in [-0.4, -0.2) is 41.1 Å². The molecule has 2 atom stereocenters. The fraction of sp³-hybridized carbons (Fsp3) is 0.857. The van der Waals surface area contributed by atoms with Crippen LogP contribution < -0.4 is 5.32 Å². The van der Waals surface area contributed by atoms with Crippen LogP contribution in [0.15, 0.2) is 0 Å². The molecular formula is C14H26N2O3. The predicted molar refractivity (Wildman–Crippen MR) is 74.0 cm³/mol. The first kappa shape index (κ1) is 15.8. The van der Waals surface area contributed by atoms with Gasteiger partial charge in [-0.1, -0.05) is 20.3 Å². The molecule has 0 aromatic carbocycles. The highest BCUT2D eigenvalue weighted by Gasteiger charge is 2.46. The van der Waals surface area contributed by atoms with Crippen molar-refractivity contribution in [2.45, 2.75) is 65.0 Å². The van der Waals surface area contributed by atoms with E-state index in [0.29, 0.717) is 6.42 Å². The lowest BCUT2D eigenvalue weighted by Crippen LogP contribution is -2.52. The van der Waals surface area contributed by atoms with Gasteiger partial charge in [0.25, 0.3) is 0 Å². The van der Waals surface area contributed by atoms with Gasteiger partial charge < -0.3 is 15.3 Å². The lowest BCUT2D eigenvalue weighted by atomic mass is 9.85. The number of urea groups is 1. The van der Waals surface area contributed by atoms with Crippen molar-refractivity contribution >= 4 is 12.0 Å². The summed E-state index contributed by atoms with van der Waals surface area (Å²) in [6.07, 6.45) is 4.03. The summed E-state index contributed by atoms with van der Waals surface area (Å²) in [5, 5.41) is 12.2. The normalized spacial score (nSPS) is 26.5. The second-order valence-electron chi connectivity index (χ2n) is 5.70. The largest absolute Gasteiger partial charge is 0.481 e. The first-order valence-electron chi connectivity index (χ1n) is 7.13. The first-order chi connectivity index (χ1) is 8.86. The van der Waals surface area contributed by atoms with Crippen LogP contribution >= 0.6 is 0 Å². The minimum atomic E-state index is -0.829. The molecule has 0 aromatic heterocycles. The fourth-order valence-electron chi connectivity index (χ4n) is 2.91. The maximum Gasteiger partial charge on any atom is 0.317 e. The molecule has 0 radical (unpaired) electrons. The summed E-state index contributed by atoms with van der Waals surface area (Å²) in [6, 6.07) is -0.222. The molecule has 1 rings (SSSR count). The van der Waals surface area contributed by atoms with Crippen molar-refractivity contribution in [3.8, 4) is 0 Å². The van der Waals surface area contributed by atoms with E-state index in [4.69, 9.17) is 0 Å². The van der Waals surface area contributed by atoms with Gasteiger partial charge in [-0.25, -0.2) is 4.79 Å². The van der Waals surface area contributed by atoms with Crippen molar-refractivity contribution in [1.29, 1.82) is 0 Å². The number of hydrogen-bond acceptors (Lipinski definition) is 2. The van der Waals surface area contributed by atoms with E-state index in [1.807, 2.05) is 0 Å². The minimum absolute atomic E-state index is 0.159. The Balaban J connectivity index is 2.69. The Hall–Kier alpha value is -1.26. The predicted octanol–water partition coefficient (Wildman–Crippen LogP) is 2.46. The smallest absolute Gasteiger partial charge is 0.317 e. The summed E-state index contributed by atoms with van der Waals surface area (Å²) in [6.45, 7) is 5.83. The van der Waals surface area contributed by atoms with E-state index in [2.05, 4.69) is 19.2 Å². The Bertz CT molecular complexity index is 342. The highest BCUT2D eigenvalue weighted by Crippen LogP contribution is 2.38. The van der Waals surface area contributed by atoms with E-state index in [1.54, 1.807) is 18.9 Å².